The molecule has 2 heterocycles. The number of guanidine groups is 1. The molecule has 27 heavy (non-hydrogen) atoms. The van der Waals surface area contributed by atoms with Gasteiger partial charge in [-0.25, -0.2) is 0 Å². The minimum absolute atomic E-state index is 0.0970. The Labute approximate surface area is 164 Å². The van der Waals surface area contributed by atoms with Crippen molar-refractivity contribution in [3.8, 4) is 0 Å². The van der Waals surface area contributed by atoms with E-state index in [1.54, 1.807) is 0 Å². The molecule has 0 radical (unpaired) electrons. The molecule has 0 amide bonds. The third-order valence-electron chi connectivity index (χ3n) is 5.04. The van der Waals surface area contributed by atoms with E-state index in [9.17, 15) is 0 Å². The van der Waals surface area contributed by atoms with Crippen LogP contribution in [0.4, 0.5) is 0 Å². The number of nitrogens with zero attached hydrogens (tertiary/aromatic N) is 4. The van der Waals surface area contributed by atoms with Gasteiger partial charge in [0, 0.05) is 31.0 Å². The van der Waals surface area contributed by atoms with Crippen molar-refractivity contribution in [3.63, 3.8) is 0 Å². The van der Waals surface area contributed by atoms with Crippen LogP contribution in [0.15, 0.2) is 9.52 Å². The summed E-state index contributed by atoms with van der Waals surface area (Å²) in [6.45, 7) is 15.7. The van der Waals surface area contributed by atoms with Crippen molar-refractivity contribution >= 4 is 5.96 Å². The first-order valence-electron chi connectivity index (χ1n) is 10.5. The number of rotatable bonds is 9. The van der Waals surface area contributed by atoms with Gasteiger partial charge in [-0.15, -0.1) is 0 Å². The fourth-order valence-electron chi connectivity index (χ4n) is 3.26. The highest BCUT2D eigenvalue weighted by Crippen LogP contribution is 2.20. The van der Waals surface area contributed by atoms with Gasteiger partial charge in [-0.2, -0.15) is 4.98 Å². The van der Waals surface area contributed by atoms with Gasteiger partial charge in [0.15, 0.2) is 11.8 Å². The van der Waals surface area contributed by atoms with E-state index in [1.807, 2.05) is 0 Å². The molecule has 0 atom stereocenters. The maximum atomic E-state index is 5.30. The summed E-state index contributed by atoms with van der Waals surface area (Å²) >= 11 is 0. The van der Waals surface area contributed by atoms with Crippen LogP contribution in [0.25, 0.3) is 0 Å². The SMILES string of the molecule is CCNC(=NCC(C)(C)N1CCCCC1)NCCCc1nc(C(C)C)no1. The quantitative estimate of drug-likeness (QED) is 0.391. The van der Waals surface area contributed by atoms with Crippen LogP contribution in [0.1, 0.15) is 77.9 Å². The van der Waals surface area contributed by atoms with Crippen molar-refractivity contribution in [2.75, 3.05) is 32.7 Å². The Morgan fingerprint density at radius 2 is 1.96 bits per heavy atom. The highest BCUT2D eigenvalue weighted by Gasteiger charge is 2.27. The van der Waals surface area contributed by atoms with Crippen LogP contribution in [-0.4, -0.2) is 59.3 Å². The minimum Gasteiger partial charge on any atom is -0.357 e. The molecule has 1 fully saturated rings. The molecular weight excluding hydrogens is 340 g/mol. The Morgan fingerprint density at radius 1 is 1.22 bits per heavy atom. The molecule has 7 heteroatoms. The van der Waals surface area contributed by atoms with E-state index < -0.39 is 0 Å². The van der Waals surface area contributed by atoms with Gasteiger partial charge in [0.1, 0.15) is 0 Å². The Kier molecular flexibility index (Phi) is 8.54. The normalized spacial score (nSPS) is 16.7. The maximum absolute atomic E-state index is 5.30. The molecule has 2 rings (SSSR count). The molecule has 154 valence electrons. The topological polar surface area (TPSA) is 78.6 Å². The number of aryl methyl sites for hydroxylation is 1. The molecule has 1 saturated heterocycles. The van der Waals surface area contributed by atoms with Crippen molar-refractivity contribution in [2.24, 2.45) is 4.99 Å². The second kappa shape index (κ2) is 10.6. The van der Waals surface area contributed by atoms with Crippen LogP contribution in [0, 0.1) is 0 Å². The van der Waals surface area contributed by atoms with Crippen LogP contribution >= 0.6 is 0 Å². The van der Waals surface area contributed by atoms with Crippen molar-refractivity contribution in [2.45, 2.75) is 78.2 Å². The smallest absolute Gasteiger partial charge is 0.226 e. The summed E-state index contributed by atoms with van der Waals surface area (Å²) in [7, 11) is 0. The molecule has 0 aromatic carbocycles. The second-order valence-electron chi connectivity index (χ2n) is 8.29. The molecule has 7 nitrogen and oxygen atoms in total. The molecule has 1 aliphatic heterocycles. The standard InChI is InChI=1S/C20H38N6O/c1-6-21-19(23-15-20(4,5)26-13-8-7-9-14-26)22-12-10-11-17-24-18(16(2)3)25-27-17/h16H,6-15H2,1-5H3,(H2,21,22,23). The van der Waals surface area contributed by atoms with Crippen molar-refractivity contribution in [1.29, 1.82) is 0 Å². The predicted octanol–water partition coefficient (Wildman–Crippen LogP) is 2.95. The lowest BCUT2D eigenvalue weighted by atomic mass is 9.99. The van der Waals surface area contributed by atoms with E-state index in [-0.39, 0.29) is 5.54 Å². The maximum Gasteiger partial charge on any atom is 0.226 e. The third kappa shape index (κ3) is 7.13. The zero-order chi connectivity index (χ0) is 19.7. The molecule has 1 aromatic heterocycles. The highest BCUT2D eigenvalue weighted by molar-refractivity contribution is 5.79. The Balaban J connectivity index is 1.78. The Morgan fingerprint density at radius 3 is 2.59 bits per heavy atom. The highest BCUT2D eigenvalue weighted by atomic mass is 16.5. The minimum atomic E-state index is 0.0970. The van der Waals surface area contributed by atoms with Gasteiger partial charge in [0.25, 0.3) is 0 Å². The van der Waals surface area contributed by atoms with Crippen LogP contribution in [-0.2, 0) is 6.42 Å². The summed E-state index contributed by atoms with van der Waals surface area (Å²) < 4.78 is 5.30. The van der Waals surface area contributed by atoms with Crippen molar-refractivity contribution in [3.05, 3.63) is 11.7 Å². The summed E-state index contributed by atoms with van der Waals surface area (Å²) in [6, 6.07) is 0. The van der Waals surface area contributed by atoms with E-state index in [4.69, 9.17) is 9.52 Å². The molecule has 1 aliphatic rings. The summed E-state index contributed by atoms with van der Waals surface area (Å²) in [4.78, 5) is 11.8. The lowest BCUT2D eigenvalue weighted by Gasteiger charge is -2.40. The number of hydrogen-bond donors (Lipinski definition) is 2. The molecule has 0 unspecified atom stereocenters. The van der Waals surface area contributed by atoms with Gasteiger partial charge in [0.2, 0.25) is 5.89 Å². The van der Waals surface area contributed by atoms with E-state index >= 15 is 0 Å². The van der Waals surface area contributed by atoms with Crippen molar-refractivity contribution < 1.29 is 4.52 Å². The summed E-state index contributed by atoms with van der Waals surface area (Å²) in [6.07, 6.45) is 5.68. The van der Waals surface area contributed by atoms with Gasteiger partial charge in [-0.05, 0) is 53.1 Å². The first-order valence-corrected chi connectivity index (χ1v) is 10.5. The first kappa shape index (κ1) is 21.7. The van der Waals surface area contributed by atoms with E-state index in [1.165, 1.54) is 32.4 Å². The average molecular weight is 379 g/mol. The van der Waals surface area contributed by atoms with Gasteiger partial charge < -0.3 is 15.2 Å². The van der Waals surface area contributed by atoms with Gasteiger partial charge in [0.05, 0.1) is 6.54 Å². The molecule has 0 bridgehead atoms. The lowest BCUT2D eigenvalue weighted by molar-refractivity contribution is 0.102. The molecule has 0 aliphatic carbocycles. The molecule has 1 aromatic rings. The van der Waals surface area contributed by atoms with Crippen molar-refractivity contribution in [1.82, 2.24) is 25.7 Å². The number of nitrogens with one attached hydrogen (secondary N) is 2. The van der Waals surface area contributed by atoms with Crippen LogP contribution < -0.4 is 10.6 Å². The molecular formula is C20H38N6O. The Bertz CT molecular complexity index is 575. The second-order valence-corrected chi connectivity index (χ2v) is 8.29. The molecule has 0 saturated carbocycles. The largest absolute Gasteiger partial charge is 0.357 e. The zero-order valence-electron chi connectivity index (χ0n) is 17.8. The fraction of sp³-hybridized carbons (Fsp3) is 0.850. The van der Waals surface area contributed by atoms with Gasteiger partial charge >= 0.3 is 0 Å². The van der Waals surface area contributed by atoms with Gasteiger partial charge in [-0.1, -0.05) is 25.4 Å². The van der Waals surface area contributed by atoms with Crippen LogP contribution in [0.2, 0.25) is 0 Å². The number of piperidine rings is 1. The lowest BCUT2D eigenvalue weighted by Crippen LogP contribution is -2.49. The third-order valence-corrected chi connectivity index (χ3v) is 5.04. The predicted molar refractivity (Wildman–Crippen MR) is 110 cm³/mol. The Hall–Kier alpha value is -1.63. The summed E-state index contributed by atoms with van der Waals surface area (Å²) in [5, 5.41) is 10.8. The number of aromatic nitrogens is 2. The monoisotopic (exact) mass is 378 g/mol. The van der Waals surface area contributed by atoms with Gasteiger partial charge in [-0.3, -0.25) is 9.89 Å². The summed E-state index contributed by atoms with van der Waals surface area (Å²) in [5.74, 6) is 2.69. The van der Waals surface area contributed by atoms with Crippen LogP contribution in [0.3, 0.4) is 0 Å². The van der Waals surface area contributed by atoms with E-state index in [2.05, 4.69) is 60.3 Å². The van der Waals surface area contributed by atoms with E-state index in [0.29, 0.717) is 11.8 Å². The summed E-state index contributed by atoms with van der Waals surface area (Å²) in [5.41, 5.74) is 0.0970. The average Bonchev–Trinajstić information content (AvgIpc) is 3.13. The number of hydrogen-bond acceptors (Lipinski definition) is 5. The first-order chi connectivity index (χ1) is 12.9. The molecule has 0 spiro atoms. The number of aliphatic imine (C=N–C) groups is 1. The molecule has 2 N–H and O–H groups in total. The zero-order valence-corrected chi connectivity index (χ0v) is 17.8. The fourth-order valence-corrected chi connectivity index (χ4v) is 3.26. The van der Waals surface area contributed by atoms with Crippen LogP contribution in [0.5, 0.6) is 0 Å². The number of likely N-dealkylation sites (tertiary alicyclic amines) is 1. The van der Waals surface area contributed by atoms with E-state index in [0.717, 1.165) is 44.3 Å².